The molecule has 42 heavy (non-hydrogen) atoms. The molecule has 0 spiro atoms. The van der Waals surface area contributed by atoms with E-state index in [4.69, 9.17) is 13.2 Å². The highest BCUT2D eigenvalue weighted by molar-refractivity contribution is 5.87. The van der Waals surface area contributed by atoms with Crippen molar-refractivity contribution in [1.29, 1.82) is 0 Å². The van der Waals surface area contributed by atoms with Crippen LogP contribution in [0.3, 0.4) is 0 Å². The first kappa shape index (κ1) is 30.6. The number of benzene rings is 2. The Balaban J connectivity index is 1.67. The van der Waals surface area contributed by atoms with E-state index in [0.717, 1.165) is 37.7 Å². The second-order valence-electron chi connectivity index (χ2n) is 15.3. The maximum absolute atomic E-state index is 4.95. The van der Waals surface area contributed by atoms with Gasteiger partial charge in [-0.3, -0.25) is 0 Å². The minimum Gasteiger partial charge on any atom is -0.0955 e. The van der Waals surface area contributed by atoms with Gasteiger partial charge in [0.25, 0.3) is 0 Å². The Hall–Kier alpha value is -2.86. The van der Waals surface area contributed by atoms with Crippen LogP contribution in [0.5, 0.6) is 0 Å². The van der Waals surface area contributed by atoms with Crippen molar-refractivity contribution in [2.75, 3.05) is 0 Å². The smallest absolute Gasteiger partial charge is 0.0194 e. The zero-order valence-corrected chi connectivity index (χ0v) is 28.5. The molecule has 0 heteroatoms. The molecule has 3 aliphatic rings. The van der Waals surface area contributed by atoms with Crippen molar-refractivity contribution in [1.82, 2.24) is 0 Å². The molecule has 0 fully saturated rings. The van der Waals surface area contributed by atoms with Crippen LogP contribution in [0.4, 0.5) is 0 Å². The van der Waals surface area contributed by atoms with Crippen molar-refractivity contribution in [2.24, 2.45) is 16.2 Å². The van der Waals surface area contributed by atoms with Crippen LogP contribution < -0.4 is 0 Å². The second kappa shape index (κ2) is 10.1. The van der Waals surface area contributed by atoms with Gasteiger partial charge in [0.1, 0.15) is 0 Å². The summed E-state index contributed by atoms with van der Waals surface area (Å²) in [5.74, 6) is 0.477. The van der Waals surface area contributed by atoms with Gasteiger partial charge in [0.2, 0.25) is 0 Å². The Kier molecular flexibility index (Phi) is 7.36. The topological polar surface area (TPSA) is 0 Å². The third kappa shape index (κ3) is 4.31. The average Bonchev–Trinajstić information content (AvgIpc) is 2.87. The molecule has 0 aromatic heterocycles. The minimum absolute atomic E-state index is 0.0563. The second-order valence-corrected chi connectivity index (χ2v) is 15.3. The molecule has 0 N–H and O–H groups in total. The molecule has 0 nitrogen and oxygen atoms in total. The van der Waals surface area contributed by atoms with Gasteiger partial charge in [-0.1, -0.05) is 95.3 Å². The van der Waals surface area contributed by atoms with Crippen LogP contribution in [0.1, 0.15) is 119 Å². The summed E-state index contributed by atoms with van der Waals surface area (Å²) < 4.78 is 0. The lowest BCUT2D eigenvalue weighted by Crippen LogP contribution is -2.52. The van der Waals surface area contributed by atoms with E-state index in [-0.39, 0.29) is 16.2 Å². The van der Waals surface area contributed by atoms with Gasteiger partial charge in [-0.2, -0.15) is 0 Å². The van der Waals surface area contributed by atoms with Crippen molar-refractivity contribution < 1.29 is 0 Å². The predicted octanol–water partition coefficient (Wildman–Crippen LogP) is 11.7. The van der Waals surface area contributed by atoms with Gasteiger partial charge in [-0.25, -0.2) is 0 Å². The SMILES string of the molecule is C=C(C)C1=C(C)C[C@@]2(C)C[C@@]3(C)Cc4c(C(C)C)cc(CCc5ccc(C)c(C)c5)c(C)c4C(=C)C3=C(C)[C@@]2(C)C1=C. The molecule has 0 amide bonds. The summed E-state index contributed by atoms with van der Waals surface area (Å²) in [5.41, 5.74) is 21.1. The Labute approximate surface area is 257 Å². The standard InChI is InChI=1S/C42H54/c1-24(2)35-20-34(18-17-33-16-15-26(5)27(6)19-33)29(8)38-30(9)39-32(11)42(14)31(10)37(25(3)4)28(7)21-41(42,13)23-40(39,12)22-36(35)38/h15-16,19-20,24H,3,9-10,17-18,21-23H2,1-2,4-8,11-14H3/t40-,41+,42-/m1/s1. The number of aryl methyl sites for hydroxylation is 4. The molecule has 2 aromatic carbocycles. The van der Waals surface area contributed by atoms with E-state index in [9.17, 15) is 0 Å². The van der Waals surface area contributed by atoms with Crippen molar-refractivity contribution in [3.63, 3.8) is 0 Å². The molecule has 222 valence electrons. The van der Waals surface area contributed by atoms with Gasteiger partial charge in [0.15, 0.2) is 0 Å². The third-order valence-electron chi connectivity index (χ3n) is 12.0. The summed E-state index contributed by atoms with van der Waals surface area (Å²) in [6, 6.07) is 9.51. The van der Waals surface area contributed by atoms with Gasteiger partial charge in [-0.05, 0) is 157 Å². The van der Waals surface area contributed by atoms with Crippen LogP contribution in [0, 0.1) is 37.0 Å². The van der Waals surface area contributed by atoms with Crippen molar-refractivity contribution in [3.8, 4) is 0 Å². The normalized spacial score (nSPS) is 27.3. The molecular weight excluding hydrogens is 504 g/mol. The molecule has 5 rings (SSSR count). The summed E-state index contributed by atoms with van der Waals surface area (Å²) in [6.07, 6.45) is 5.46. The largest absolute Gasteiger partial charge is 0.0955 e. The van der Waals surface area contributed by atoms with Gasteiger partial charge < -0.3 is 0 Å². The van der Waals surface area contributed by atoms with Crippen LogP contribution in [0.25, 0.3) is 5.57 Å². The van der Waals surface area contributed by atoms with E-state index >= 15 is 0 Å². The average molecular weight is 559 g/mol. The number of hydrogen-bond donors (Lipinski definition) is 0. The molecule has 0 bridgehead atoms. The quantitative estimate of drug-likeness (QED) is 0.342. The van der Waals surface area contributed by atoms with E-state index in [0.29, 0.717) is 5.92 Å². The number of hydrogen-bond acceptors (Lipinski definition) is 0. The van der Waals surface area contributed by atoms with Crippen LogP contribution in [0.2, 0.25) is 0 Å². The minimum atomic E-state index is -0.119. The fourth-order valence-corrected chi connectivity index (χ4v) is 9.70. The van der Waals surface area contributed by atoms with E-state index < -0.39 is 0 Å². The van der Waals surface area contributed by atoms with E-state index in [1.165, 1.54) is 72.4 Å². The maximum atomic E-state index is 4.95. The van der Waals surface area contributed by atoms with E-state index in [2.05, 4.69) is 107 Å². The fourth-order valence-electron chi connectivity index (χ4n) is 9.70. The molecule has 0 aliphatic heterocycles. The maximum Gasteiger partial charge on any atom is 0.0194 e. The van der Waals surface area contributed by atoms with Crippen LogP contribution in [-0.2, 0) is 19.3 Å². The monoisotopic (exact) mass is 558 g/mol. The molecule has 2 aromatic rings. The first-order valence-electron chi connectivity index (χ1n) is 16.1. The number of rotatable bonds is 5. The van der Waals surface area contributed by atoms with E-state index in [1.807, 2.05) is 0 Å². The van der Waals surface area contributed by atoms with Crippen LogP contribution >= 0.6 is 0 Å². The lowest BCUT2D eigenvalue weighted by molar-refractivity contribution is 0.0543. The molecule has 3 aliphatic carbocycles. The lowest BCUT2D eigenvalue weighted by Gasteiger charge is -2.62. The number of fused-ring (bicyclic) bond motifs is 3. The Morgan fingerprint density at radius 1 is 0.905 bits per heavy atom. The van der Waals surface area contributed by atoms with Gasteiger partial charge >= 0.3 is 0 Å². The molecule has 0 heterocycles. The van der Waals surface area contributed by atoms with Crippen molar-refractivity contribution in [2.45, 2.75) is 114 Å². The lowest BCUT2D eigenvalue weighted by atomic mass is 9.41. The highest BCUT2D eigenvalue weighted by atomic mass is 14.6. The zero-order chi connectivity index (χ0) is 31.1. The summed E-state index contributed by atoms with van der Waals surface area (Å²) in [4.78, 5) is 0. The molecule has 0 saturated heterocycles. The molecule has 3 atom stereocenters. The molecule has 0 unspecified atom stereocenters. The Morgan fingerprint density at radius 3 is 2.17 bits per heavy atom. The highest BCUT2D eigenvalue weighted by Crippen LogP contribution is 2.70. The fraction of sp³-hybridized carbons (Fsp3) is 0.476. The Morgan fingerprint density at radius 2 is 1.57 bits per heavy atom. The summed E-state index contributed by atoms with van der Waals surface area (Å²) in [6.45, 7) is 40.1. The summed E-state index contributed by atoms with van der Waals surface area (Å²) in [7, 11) is 0. The molecule has 0 saturated carbocycles. The van der Waals surface area contributed by atoms with Gasteiger partial charge in [0.05, 0.1) is 0 Å². The zero-order valence-electron chi connectivity index (χ0n) is 28.5. The van der Waals surface area contributed by atoms with Crippen LogP contribution in [0.15, 0.2) is 77.4 Å². The van der Waals surface area contributed by atoms with E-state index in [1.54, 1.807) is 5.56 Å². The van der Waals surface area contributed by atoms with Gasteiger partial charge in [-0.15, -0.1) is 0 Å². The molecular formula is C42H54. The molecule has 0 radical (unpaired) electrons. The highest BCUT2D eigenvalue weighted by Gasteiger charge is 2.59. The van der Waals surface area contributed by atoms with Gasteiger partial charge in [0, 0.05) is 5.41 Å². The Bertz CT molecular complexity index is 1610. The third-order valence-corrected chi connectivity index (χ3v) is 12.0. The number of allylic oxidation sites excluding steroid dienone is 7. The summed E-state index contributed by atoms with van der Waals surface area (Å²) in [5, 5.41) is 0. The first-order chi connectivity index (χ1) is 19.5. The first-order valence-corrected chi connectivity index (χ1v) is 16.1. The predicted molar refractivity (Wildman–Crippen MR) is 184 cm³/mol. The van der Waals surface area contributed by atoms with Crippen molar-refractivity contribution >= 4 is 5.57 Å². The van der Waals surface area contributed by atoms with Crippen LogP contribution in [-0.4, -0.2) is 0 Å². The summed E-state index contributed by atoms with van der Waals surface area (Å²) >= 11 is 0. The van der Waals surface area contributed by atoms with Crippen molar-refractivity contribution in [3.05, 3.63) is 122 Å².